The molecule has 0 aromatic carbocycles. The molecule has 5 nitrogen and oxygen atoms in total. The molecule has 0 bridgehead atoms. The Morgan fingerprint density at radius 2 is 2.00 bits per heavy atom. The van der Waals surface area contributed by atoms with Crippen molar-refractivity contribution < 1.29 is 14.3 Å². The largest absolute Gasteiger partial charge is 0.381 e. The number of hydrogen-bond acceptors (Lipinski definition) is 3. The minimum atomic E-state index is -0.0301. The van der Waals surface area contributed by atoms with Gasteiger partial charge in [-0.2, -0.15) is 0 Å². The van der Waals surface area contributed by atoms with Gasteiger partial charge in [-0.3, -0.25) is 9.59 Å². The van der Waals surface area contributed by atoms with Crippen molar-refractivity contribution in [1.82, 2.24) is 10.2 Å². The topological polar surface area (TPSA) is 58.6 Å². The molecule has 2 rings (SSSR count). The van der Waals surface area contributed by atoms with Crippen LogP contribution in [0.3, 0.4) is 0 Å². The smallest absolute Gasteiger partial charge is 0.224 e. The maximum absolute atomic E-state index is 12.1. The average molecular weight is 268 g/mol. The van der Waals surface area contributed by atoms with Crippen molar-refractivity contribution in [3.63, 3.8) is 0 Å². The van der Waals surface area contributed by atoms with E-state index in [2.05, 4.69) is 5.32 Å². The van der Waals surface area contributed by atoms with Gasteiger partial charge in [0.1, 0.15) is 0 Å². The number of amides is 2. The third-order valence-corrected chi connectivity index (χ3v) is 4.14. The zero-order valence-corrected chi connectivity index (χ0v) is 11.7. The van der Waals surface area contributed by atoms with Crippen molar-refractivity contribution in [2.24, 2.45) is 11.8 Å². The zero-order valence-electron chi connectivity index (χ0n) is 11.7. The van der Waals surface area contributed by atoms with Gasteiger partial charge in [-0.15, -0.1) is 0 Å². The van der Waals surface area contributed by atoms with E-state index in [0.29, 0.717) is 12.5 Å². The Hall–Kier alpha value is -1.10. The summed E-state index contributed by atoms with van der Waals surface area (Å²) in [6, 6.07) is 0. The molecule has 0 aliphatic carbocycles. The Labute approximate surface area is 114 Å². The summed E-state index contributed by atoms with van der Waals surface area (Å²) in [5, 5.41) is 3.05. The second-order valence-electron chi connectivity index (χ2n) is 5.61. The molecule has 2 fully saturated rings. The molecule has 0 radical (unpaired) electrons. The molecule has 2 heterocycles. The van der Waals surface area contributed by atoms with Crippen LogP contribution in [-0.4, -0.2) is 49.6 Å². The minimum Gasteiger partial charge on any atom is -0.381 e. The van der Waals surface area contributed by atoms with Crippen LogP contribution in [-0.2, 0) is 14.3 Å². The van der Waals surface area contributed by atoms with Gasteiger partial charge in [0.2, 0.25) is 11.8 Å². The Balaban J connectivity index is 1.74. The quantitative estimate of drug-likeness (QED) is 0.823. The summed E-state index contributed by atoms with van der Waals surface area (Å²) in [5.41, 5.74) is 0. The van der Waals surface area contributed by atoms with Crippen LogP contribution in [0, 0.1) is 11.8 Å². The second-order valence-corrected chi connectivity index (χ2v) is 5.61. The van der Waals surface area contributed by atoms with E-state index in [0.717, 1.165) is 52.0 Å². The number of carbonyl (C=O) groups excluding carboxylic acids is 2. The van der Waals surface area contributed by atoms with E-state index in [9.17, 15) is 9.59 Å². The van der Waals surface area contributed by atoms with Crippen molar-refractivity contribution >= 4 is 11.8 Å². The number of nitrogens with one attached hydrogen (secondary N) is 1. The van der Waals surface area contributed by atoms with Gasteiger partial charge >= 0.3 is 0 Å². The summed E-state index contributed by atoms with van der Waals surface area (Å²) < 4.78 is 5.31. The molecule has 5 heteroatoms. The molecule has 2 aliphatic heterocycles. The maximum atomic E-state index is 12.1. The van der Waals surface area contributed by atoms with E-state index < -0.39 is 0 Å². The molecule has 1 N–H and O–H groups in total. The van der Waals surface area contributed by atoms with Crippen molar-refractivity contribution in [1.29, 1.82) is 0 Å². The number of rotatable bonds is 3. The zero-order chi connectivity index (χ0) is 13.7. The molecule has 0 spiro atoms. The highest BCUT2D eigenvalue weighted by Gasteiger charge is 2.27. The summed E-state index contributed by atoms with van der Waals surface area (Å²) in [6.45, 7) is 5.30. The fraction of sp³-hybridized carbons (Fsp3) is 0.857. The first-order chi connectivity index (χ1) is 9.16. The van der Waals surface area contributed by atoms with Crippen LogP contribution in [0.1, 0.15) is 32.6 Å². The van der Waals surface area contributed by atoms with Crippen molar-refractivity contribution in [3.05, 3.63) is 0 Å². The van der Waals surface area contributed by atoms with Crippen molar-refractivity contribution in [2.75, 3.05) is 32.8 Å². The molecule has 2 aliphatic rings. The molecule has 0 saturated carbocycles. The van der Waals surface area contributed by atoms with Gasteiger partial charge in [-0.25, -0.2) is 0 Å². The normalized spacial score (nSPS) is 25.1. The molecule has 0 aromatic heterocycles. The Morgan fingerprint density at radius 3 is 2.68 bits per heavy atom. The first-order valence-electron chi connectivity index (χ1n) is 7.28. The van der Waals surface area contributed by atoms with Crippen LogP contribution in [0.5, 0.6) is 0 Å². The lowest BCUT2D eigenvalue weighted by atomic mass is 9.96. The van der Waals surface area contributed by atoms with Gasteiger partial charge in [0, 0.05) is 39.8 Å². The molecular weight excluding hydrogens is 244 g/mol. The lowest BCUT2D eigenvalue weighted by Gasteiger charge is -2.31. The van der Waals surface area contributed by atoms with Crippen LogP contribution in [0.2, 0.25) is 0 Å². The molecule has 0 aromatic rings. The number of carbonyl (C=O) groups is 2. The summed E-state index contributed by atoms with van der Waals surface area (Å²) in [7, 11) is 0. The summed E-state index contributed by atoms with van der Waals surface area (Å²) >= 11 is 0. The first kappa shape index (κ1) is 14.3. The minimum absolute atomic E-state index is 0.0301. The van der Waals surface area contributed by atoms with Crippen LogP contribution < -0.4 is 5.32 Å². The number of hydrogen-bond donors (Lipinski definition) is 1. The second kappa shape index (κ2) is 6.89. The van der Waals surface area contributed by atoms with Gasteiger partial charge < -0.3 is 15.0 Å². The van der Waals surface area contributed by atoms with E-state index in [1.807, 2.05) is 0 Å². The van der Waals surface area contributed by atoms with E-state index in [-0.39, 0.29) is 17.7 Å². The number of ether oxygens (including phenoxy) is 1. The van der Waals surface area contributed by atoms with Gasteiger partial charge in [0.05, 0.1) is 5.92 Å². The van der Waals surface area contributed by atoms with Gasteiger partial charge in [0.25, 0.3) is 0 Å². The van der Waals surface area contributed by atoms with Gasteiger partial charge in [0.15, 0.2) is 0 Å². The van der Waals surface area contributed by atoms with E-state index in [1.54, 1.807) is 11.8 Å². The Morgan fingerprint density at radius 1 is 1.26 bits per heavy atom. The predicted octanol–water partition coefficient (Wildman–Crippen LogP) is 0.788. The number of nitrogens with zero attached hydrogens (tertiary/aromatic N) is 1. The van der Waals surface area contributed by atoms with Crippen LogP contribution in [0.25, 0.3) is 0 Å². The highest BCUT2D eigenvalue weighted by molar-refractivity contribution is 5.80. The van der Waals surface area contributed by atoms with Crippen molar-refractivity contribution in [2.45, 2.75) is 32.6 Å². The Bertz CT molecular complexity index is 327. The van der Waals surface area contributed by atoms with Crippen LogP contribution >= 0.6 is 0 Å². The average Bonchev–Trinajstić information content (AvgIpc) is 2.46. The summed E-state index contributed by atoms with van der Waals surface area (Å²) in [5.74, 6) is 0.696. The predicted molar refractivity (Wildman–Crippen MR) is 71.5 cm³/mol. The monoisotopic (exact) mass is 268 g/mol. The third-order valence-electron chi connectivity index (χ3n) is 4.14. The maximum Gasteiger partial charge on any atom is 0.224 e. The third kappa shape index (κ3) is 4.20. The van der Waals surface area contributed by atoms with Crippen LogP contribution in [0.15, 0.2) is 0 Å². The van der Waals surface area contributed by atoms with Gasteiger partial charge in [-0.1, -0.05) is 0 Å². The Kier molecular flexibility index (Phi) is 5.19. The summed E-state index contributed by atoms with van der Waals surface area (Å²) in [4.78, 5) is 25.3. The highest BCUT2D eigenvalue weighted by atomic mass is 16.5. The SMILES string of the molecule is CC(=O)N1CCCC(C(=O)NCC2CCOCC2)C1. The molecule has 1 unspecified atom stereocenters. The molecule has 2 saturated heterocycles. The molecule has 19 heavy (non-hydrogen) atoms. The lowest BCUT2D eigenvalue weighted by molar-refractivity contribution is -0.134. The van der Waals surface area contributed by atoms with Crippen molar-refractivity contribution in [3.8, 4) is 0 Å². The van der Waals surface area contributed by atoms with Gasteiger partial charge in [-0.05, 0) is 31.6 Å². The molecule has 108 valence electrons. The van der Waals surface area contributed by atoms with E-state index in [4.69, 9.17) is 4.74 Å². The lowest BCUT2D eigenvalue weighted by Crippen LogP contribution is -2.45. The standard InChI is InChI=1S/C14H24N2O3/c1-11(17)16-6-2-3-13(10-16)14(18)15-9-12-4-7-19-8-5-12/h12-13H,2-10H2,1H3,(H,15,18). The fourth-order valence-corrected chi connectivity index (χ4v) is 2.82. The molecular formula is C14H24N2O3. The summed E-state index contributed by atoms with van der Waals surface area (Å²) in [6.07, 6.45) is 3.88. The first-order valence-corrected chi connectivity index (χ1v) is 7.28. The van der Waals surface area contributed by atoms with E-state index >= 15 is 0 Å². The molecule has 2 amide bonds. The fourth-order valence-electron chi connectivity index (χ4n) is 2.82. The number of piperidine rings is 1. The number of likely N-dealkylation sites (tertiary alicyclic amines) is 1. The van der Waals surface area contributed by atoms with E-state index in [1.165, 1.54) is 0 Å². The van der Waals surface area contributed by atoms with Crippen LogP contribution in [0.4, 0.5) is 0 Å². The molecule has 1 atom stereocenters. The highest BCUT2D eigenvalue weighted by Crippen LogP contribution is 2.18.